The fourth-order valence-electron chi connectivity index (χ4n) is 1.69. The molecule has 0 aromatic heterocycles. The minimum Gasteiger partial charge on any atom is -0.488 e. The van der Waals surface area contributed by atoms with E-state index in [1.165, 1.54) is 12.1 Å². The van der Waals surface area contributed by atoms with E-state index < -0.39 is 5.82 Å². The van der Waals surface area contributed by atoms with E-state index in [2.05, 4.69) is 11.8 Å². The normalized spacial score (nSPS) is 9.86. The molecular formula is C17H13Cl2FO. The van der Waals surface area contributed by atoms with Gasteiger partial charge in [0.15, 0.2) is 0 Å². The Hall–Kier alpha value is -1.69. The highest BCUT2D eigenvalue weighted by atomic mass is 35.5. The van der Waals surface area contributed by atoms with E-state index >= 15 is 0 Å². The maximum Gasteiger partial charge on any atom is 0.142 e. The van der Waals surface area contributed by atoms with Crippen LogP contribution in [0, 0.1) is 17.7 Å². The van der Waals surface area contributed by atoms with Crippen LogP contribution in [0.3, 0.4) is 0 Å². The summed E-state index contributed by atoms with van der Waals surface area (Å²) in [5, 5.41) is 0.103. The van der Waals surface area contributed by atoms with Crippen molar-refractivity contribution in [2.24, 2.45) is 0 Å². The van der Waals surface area contributed by atoms with Gasteiger partial charge in [0.25, 0.3) is 0 Å². The monoisotopic (exact) mass is 322 g/mol. The molecule has 0 atom stereocenters. The Morgan fingerprint density at radius 2 is 1.95 bits per heavy atom. The van der Waals surface area contributed by atoms with Crippen molar-refractivity contribution in [3.05, 3.63) is 64.4 Å². The predicted octanol–water partition coefficient (Wildman–Crippen LogP) is 5.04. The second-order valence-corrected chi connectivity index (χ2v) is 5.06. The zero-order valence-electron chi connectivity index (χ0n) is 11.2. The Morgan fingerprint density at radius 3 is 2.71 bits per heavy atom. The van der Waals surface area contributed by atoms with Crippen LogP contribution in [0.2, 0.25) is 5.02 Å². The van der Waals surface area contributed by atoms with Gasteiger partial charge in [-0.3, -0.25) is 0 Å². The molecule has 0 saturated heterocycles. The third-order valence-electron chi connectivity index (χ3n) is 2.71. The van der Waals surface area contributed by atoms with Crippen LogP contribution in [0.15, 0.2) is 42.5 Å². The molecule has 0 N–H and O–H groups in total. The molecule has 2 aromatic carbocycles. The zero-order valence-corrected chi connectivity index (χ0v) is 12.7. The van der Waals surface area contributed by atoms with Crippen LogP contribution >= 0.6 is 23.2 Å². The number of ether oxygens (including phenoxy) is 1. The highest BCUT2D eigenvalue weighted by molar-refractivity contribution is 6.30. The van der Waals surface area contributed by atoms with Crippen LogP contribution in [0.4, 0.5) is 4.39 Å². The first kappa shape index (κ1) is 15.7. The van der Waals surface area contributed by atoms with Crippen LogP contribution in [0.5, 0.6) is 5.75 Å². The first-order chi connectivity index (χ1) is 10.2. The number of benzene rings is 2. The number of hydrogen-bond donors (Lipinski definition) is 0. The number of halogens is 3. The van der Waals surface area contributed by atoms with Crippen molar-refractivity contribution in [3.8, 4) is 17.6 Å². The van der Waals surface area contributed by atoms with Crippen molar-refractivity contribution in [3.63, 3.8) is 0 Å². The minimum absolute atomic E-state index is 0.103. The Morgan fingerprint density at radius 1 is 1.14 bits per heavy atom. The number of hydrogen-bond acceptors (Lipinski definition) is 1. The molecule has 0 bridgehead atoms. The molecule has 4 heteroatoms. The maximum absolute atomic E-state index is 13.4. The third-order valence-corrected chi connectivity index (χ3v) is 3.20. The average Bonchev–Trinajstić information content (AvgIpc) is 2.50. The fraction of sp³-hybridized carbons (Fsp3) is 0.176. The minimum atomic E-state index is -0.451. The maximum atomic E-state index is 13.4. The van der Waals surface area contributed by atoms with Crippen molar-refractivity contribution in [2.75, 3.05) is 5.88 Å². The van der Waals surface area contributed by atoms with E-state index in [1.54, 1.807) is 6.07 Å². The molecule has 0 spiro atoms. The Labute approximate surface area is 133 Å². The summed E-state index contributed by atoms with van der Waals surface area (Å²) < 4.78 is 19.1. The smallest absolute Gasteiger partial charge is 0.142 e. The lowest BCUT2D eigenvalue weighted by atomic mass is 10.2. The molecule has 0 aliphatic carbocycles. The van der Waals surface area contributed by atoms with Gasteiger partial charge in [0.05, 0.1) is 10.6 Å². The molecule has 1 nitrogen and oxygen atoms in total. The molecular weight excluding hydrogens is 310 g/mol. The lowest BCUT2D eigenvalue weighted by Gasteiger charge is -2.08. The van der Waals surface area contributed by atoms with E-state index in [4.69, 9.17) is 27.9 Å². The summed E-state index contributed by atoms with van der Waals surface area (Å²) in [5.41, 5.74) is 1.50. The average molecular weight is 323 g/mol. The van der Waals surface area contributed by atoms with Gasteiger partial charge in [-0.05, 0) is 29.8 Å². The summed E-state index contributed by atoms with van der Waals surface area (Å²) in [5.74, 6) is 6.69. The van der Waals surface area contributed by atoms with Crippen LogP contribution in [0.25, 0.3) is 0 Å². The van der Waals surface area contributed by atoms with Crippen molar-refractivity contribution >= 4 is 23.2 Å². The first-order valence-corrected chi connectivity index (χ1v) is 7.32. The molecule has 0 amide bonds. The Kier molecular flexibility index (Phi) is 5.92. The molecule has 2 aromatic rings. The van der Waals surface area contributed by atoms with Gasteiger partial charge in [-0.2, -0.15) is 0 Å². The number of para-hydroxylation sites is 1. The molecule has 0 heterocycles. The predicted molar refractivity (Wildman–Crippen MR) is 84.4 cm³/mol. The van der Waals surface area contributed by atoms with Gasteiger partial charge in [-0.15, -0.1) is 11.6 Å². The Bertz CT molecular complexity index is 674. The summed E-state index contributed by atoms with van der Waals surface area (Å²) in [6, 6.07) is 12.1. The standard InChI is InChI=1S/C17H13Cl2FO/c18-10-4-3-6-14-5-1-2-7-17(14)21-12-13-8-9-15(19)16(20)11-13/h1-2,5,7-9,11H,4,10,12H2. The van der Waals surface area contributed by atoms with Crippen molar-refractivity contribution < 1.29 is 9.13 Å². The molecule has 0 saturated carbocycles. The van der Waals surface area contributed by atoms with Crippen LogP contribution in [-0.4, -0.2) is 5.88 Å². The van der Waals surface area contributed by atoms with Crippen LogP contribution in [-0.2, 0) is 6.61 Å². The van der Waals surface area contributed by atoms with Crippen LogP contribution < -0.4 is 4.74 Å². The van der Waals surface area contributed by atoms with E-state index in [0.29, 0.717) is 23.6 Å². The van der Waals surface area contributed by atoms with Crippen LogP contribution in [0.1, 0.15) is 17.5 Å². The van der Waals surface area contributed by atoms with Gasteiger partial charge < -0.3 is 4.74 Å². The lowest BCUT2D eigenvalue weighted by molar-refractivity contribution is 0.305. The first-order valence-electron chi connectivity index (χ1n) is 6.41. The number of rotatable bonds is 4. The van der Waals surface area contributed by atoms with Crippen molar-refractivity contribution in [1.29, 1.82) is 0 Å². The SMILES string of the molecule is Fc1cc(COc2ccccc2C#CCCCl)ccc1Cl. The summed E-state index contributed by atoms with van der Waals surface area (Å²) in [7, 11) is 0. The van der Waals surface area contributed by atoms with E-state index in [1.807, 2.05) is 24.3 Å². The summed E-state index contributed by atoms with van der Waals surface area (Å²) >= 11 is 11.2. The molecule has 108 valence electrons. The van der Waals surface area contributed by atoms with Gasteiger partial charge in [0.1, 0.15) is 18.2 Å². The van der Waals surface area contributed by atoms with Gasteiger partial charge in [-0.1, -0.05) is 41.6 Å². The van der Waals surface area contributed by atoms with E-state index in [0.717, 1.165) is 5.56 Å². The summed E-state index contributed by atoms with van der Waals surface area (Å²) in [4.78, 5) is 0. The van der Waals surface area contributed by atoms with E-state index in [-0.39, 0.29) is 11.6 Å². The van der Waals surface area contributed by atoms with Gasteiger partial charge in [0.2, 0.25) is 0 Å². The topological polar surface area (TPSA) is 9.23 Å². The highest BCUT2D eigenvalue weighted by Crippen LogP contribution is 2.20. The van der Waals surface area contributed by atoms with Crippen molar-refractivity contribution in [2.45, 2.75) is 13.0 Å². The van der Waals surface area contributed by atoms with Gasteiger partial charge >= 0.3 is 0 Å². The summed E-state index contributed by atoms with van der Waals surface area (Å²) in [6.07, 6.45) is 0.623. The quantitative estimate of drug-likeness (QED) is 0.566. The molecule has 0 unspecified atom stereocenters. The number of alkyl halides is 1. The second-order valence-electron chi connectivity index (χ2n) is 4.27. The second kappa shape index (κ2) is 7.93. The summed E-state index contributed by atoms with van der Waals surface area (Å²) in [6.45, 7) is 0.252. The largest absolute Gasteiger partial charge is 0.488 e. The third kappa shape index (κ3) is 4.67. The van der Waals surface area contributed by atoms with E-state index in [9.17, 15) is 4.39 Å². The molecule has 21 heavy (non-hydrogen) atoms. The Balaban J connectivity index is 2.09. The highest BCUT2D eigenvalue weighted by Gasteiger charge is 2.04. The lowest BCUT2D eigenvalue weighted by Crippen LogP contribution is -1.98. The molecule has 0 radical (unpaired) electrons. The molecule has 0 fully saturated rings. The molecule has 0 aliphatic heterocycles. The van der Waals surface area contributed by atoms with Crippen molar-refractivity contribution in [1.82, 2.24) is 0 Å². The fourth-order valence-corrected chi connectivity index (χ4v) is 1.90. The zero-order chi connectivity index (χ0) is 15.1. The van der Waals surface area contributed by atoms with Gasteiger partial charge in [0, 0.05) is 12.3 Å². The molecule has 2 rings (SSSR count). The van der Waals surface area contributed by atoms with Gasteiger partial charge in [-0.25, -0.2) is 4.39 Å². The molecule has 0 aliphatic rings.